The van der Waals surface area contributed by atoms with Gasteiger partial charge in [0.15, 0.2) is 0 Å². The molecule has 0 spiro atoms. The second-order valence-corrected chi connectivity index (χ2v) is 3.41. The van der Waals surface area contributed by atoms with Crippen molar-refractivity contribution in [2.45, 2.75) is 5.92 Å². The van der Waals surface area contributed by atoms with Crippen LogP contribution in [0.25, 0.3) is 0 Å². The Morgan fingerprint density at radius 2 is 2.00 bits per heavy atom. The van der Waals surface area contributed by atoms with E-state index in [9.17, 15) is 4.79 Å². The van der Waals surface area contributed by atoms with Crippen molar-refractivity contribution in [1.82, 2.24) is 0 Å². The highest BCUT2D eigenvalue weighted by molar-refractivity contribution is 5.89. The van der Waals surface area contributed by atoms with E-state index in [1.165, 1.54) is 7.11 Å². The van der Waals surface area contributed by atoms with Crippen molar-refractivity contribution in [1.29, 1.82) is 0 Å². The number of hydrogen-bond donors (Lipinski definition) is 0. The van der Waals surface area contributed by atoms with E-state index in [1.54, 1.807) is 6.07 Å². The van der Waals surface area contributed by atoms with Gasteiger partial charge in [-0.25, -0.2) is 4.79 Å². The molecule has 0 radical (unpaired) electrons. The van der Waals surface area contributed by atoms with Gasteiger partial charge in [0.25, 0.3) is 0 Å². The maximum atomic E-state index is 11.3. The van der Waals surface area contributed by atoms with E-state index < -0.39 is 0 Å². The summed E-state index contributed by atoms with van der Waals surface area (Å²) in [6.45, 7) is 0. The van der Waals surface area contributed by atoms with Crippen molar-refractivity contribution < 1.29 is 9.53 Å². The fourth-order valence-electron chi connectivity index (χ4n) is 1.64. The van der Waals surface area contributed by atoms with Crippen molar-refractivity contribution >= 4 is 5.97 Å². The number of carbonyl (C=O) groups is 1. The lowest BCUT2D eigenvalue weighted by Gasteiger charge is -2.07. The molecular formula is C13H12O2. The van der Waals surface area contributed by atoms with Gasteiger partial charge >= 0.3 is 5.97 Å². The molecular weight excluding hydrogens is 188 g/mol. The largest absolute Gasteiger partial charge is 0.465 e. The second-order valence-electron chi connectivity index (χ2n) is 3.41. The molecule has 0 aromatic heterocycles. The number of allylic oxidation sites excluding steroid dienone is 4. The maximum absolute atomic E-state index is 11.3. The van der Waals surface area contributed by atoms with Crippen LogP contribution in [-0.4, -0.2) is 13.1 Å². The summed E-state index contributed by atoms with van der Waals surface area (Å²) in [5.41, 5.74) is 1.71. The molecule has 0 saturated heterocycles. The van der Waals surface area contributed by atoms with Gasteiger partial charge < -0.3 is 4.74 Å². The molecule has 1 aliphatic rings. The summed E-state index contributed by atoms with van der Waals surface area (Å²) in [5, 5.41) is 0. The Hall–Kier alpha value is -1.83. The predicted octanol–water partition coefficient (Wildman–Crippen LogP) is 2.68. The molecule has 2 rings (SSSR count). The Kier molecular flexibility index (Phi) is 2.68. The van der Waals surface area contributed by atoms with Crippen LogP contribution < -0.4 is 0 Å². The topological polar surface area (TPSA) is 26.3 Å². The third kappa shape index (κ3) is 1.99. The van der Waals surface area contributed by atoms with E-state index in [0.29, 0.717) is 5.56 Å². The molecule has 0 amide bonds. The minimum Gasteiger partial charge on any atom is -0.465 e. The van der Waals surface area contributed by atoms with Crippen LogP contribution >= 0.6 is 0 Å². The molecule has 0 fully saturated rings. The zero-order valence-electron chi connectivity index (χ0n) is 8.51. The van der Waals surface area contributed by atoms with Crippen LogP contribution in [0.3, 0.4) is 0 Å². The predicted molar refractivity (Wildman–Crippen MR) is 58.8 cm³/mol. The van der Waals surface area contributed by atoms with Crippen molar-refractivity contribution in [2.24, 2.45) is 0 Å². The highest BCUT2D eigenvalue weighted by Gasteiger charge is 2.10. The van der Waals surface area contributed by atoms with Gasteiger partial charge in [0.1, 0.15) is 0 Å². The molecule has 1 aromatic rings. The quantitative estimate of drug-likeness (QED) is 0.686. The molecule has 0 aliphatic heterocycles. The molecule has 0 heterocycles. The summed E-state index contributed by atoms with van der Waals surface area (Å²) in [4.78, 5) is 11.3. The van der Waals surface area contributed by atoms with E-state index >= 15 is 0 Å². The zero-order chi connectivity index (χ0) is 10.7. The number of ether oxygens (including phenoxy) is 1. The third-order valence-corrected chi connectivity index (χ3v) is 2.44. The molecule has 15 heavy (non-hydrogen) atoms. The standard InChI is InChI=1S/C13H12O2/c1-15-13(14)12-8-4-7-11(9-12)10-5-2-3-6-10/h2-10H,1H3. The average Bonchev–Trinajstić information content (AvgIpc) is 2.82. The Bertz CT molecular complexity index is 418. The van der Waals surface area contributed by atoms with Crippen LogP contribution in [0.15, 0.2) is 48.6 Å². The SMILES string of the molecule is COC(=O)c1cccc(C2C=CC=C2)c1. The number of esters is 1. The molecule has 0 atom stereocenters. The lowest BCUT2D eigenvalue weighted by molar-refractivity contribution is 0.0600. The van der Waals surface area contributed by atoms with Gasteiger partial charge in [-0.1, -0.05) is 36.4 Å². The fraction of sp³-hybridized carbons (Fsp3) is 0.154. The highest BCUT2D eigenvalue weighted by atomic mass is 16.5. The van der Waals surface area contributed by atoms with Gasteiger partial charge in [-0.3, -0.25) is 0 Å². The van der Waals surface area contributed by atoms with Crippen LogP contribution in [-0.2, 0) is 4.74 Å². The Morgan fingerprint density at radius 3 is 2.67 bits per heavy atom. The highest BCUT2D eigenvalue weighted by Crippen LogP contribution is 2.23. The molecule has 2 nitrogen and oxygen atoms in total. The summed E-state index contributed by atoms with van der Waals surface area (Å²) in [6, 6.07) is 7.52. The Morgan fingerprint density at radius 1 is 1.27 bits per heavy atom. The van der Waals surface area contributed by atoms with Crippen molar-refractivity contribution in [2.75, 3.05) is 7.11 Å². The first kappa shape index (κ1) is 9.71. The maximum Gasteiger partial charge on any atom is 0.337 e. The molecule has 0 unspecified atom stereocenters. The monoisotopic (exact) mass is 200 g/mol. The molecule has 0 bridgehead atoms. The van der Waals surface area contributed by atoms with Gasteiger partial charge in [0, 0.05) is 5.92 Å². The number of methoxy groups -OCH3 is 1. The third-order valence-electron chi connectivity index (χ3n) is 2.44. The number of hydrogen-bond acceptors (Lipinski definition) is 2. The van der Waals surface area contributed by atoms with Gasteiger partial charge in [0.05, 0.1) is 12.7 Å². The van der Waals surface area contributed by atoms with Crippen LogP contribution in [0.4, 0.5) is 0 Å². The van der Waals surface area contributed by atoms with Gasteiger partial charge in [-0.15, -0.1) is 0 Å². The van der Waals surface area contributed by atoms with Gasteiger partial charge in [0.2, 0.25) is 0 Å². The summed E-state index contributed by atoms with van der Waals surface area (Å²) in [6.07, 6.45) is 8.21. The van der Waals surface area contributed by atoms with E-state index in [4.69, 9.17) is 0 Å². The van der Waals surface area contributed by atoms with Gasteiger partial charge in [-0.2, -0.15) is 0 Å². The fourth-order valence-corrected chi connectivity index (χ4v) is 1.64. The first-order valence-electron chi connectivity index (χ1n) is 4.84. The zero-order valence-corrected chi connectivity index (χ0v) is 8.51. The van der Waals surface area contributed by atoms with E-state index in [2.05, 4.69) is 16.9 Å². The van der Waals surface area contributed by atoms with E-state index in [-0.39, 0.29) is 11.9 Å². The van der Waals surface area contributed by atoms with Crippen molar-refractivity contribution in [3.05, 3.63) is 59.7 Å². The summed E-state index contributed by atoms with van der Waals surface area (Å²) in [5.74, 6) is -0.00240. The minimum absolute atomic E-state index is 0.287. The summed E-state index contributed by atoms with van der Waals surface area (Å²) < 4.78 is 4.68. The second kappa shape index (κ2) is 4.13. The van der Waals surface area contributed by atoms with Crippen LogP contribution in [0.2, 0.25) is 0 Å². The smallest absolute Gasteiger partial charge is 0.337 e. The number of benzene rings is 1. The molecule has 76 valence electrons. The lowest BCUT2D eigenvalue weighted by atomic mass is 9.99. The van der Waals surface area contributed by atoms with Crippen molar-refractivity contribution in [3.63, 3.8) is 0 Å². The number of rotatable bonds is 2. The normalized spacial score (nSPS) is 14.5. The summed E-state index contributed by atoms with van der Waals surface area (Å²) >= 11 is 0. The summed E-state index contributed by atoms with van der Waals surface area (Å²) in [7, 11) is 1.39. The Labute approximate surface area is 88.9 Å². The molecule has 1 aliphatic carbocycles. The first-order chi connectivity index (χ1) is 7.31. The van der Waals surface area contributed by atoms with Crippen LogP contribution in [0.5, 0.6) is 0 Å². The van der Waals surface area contributed by atoms with Crippen LogP contribution in [0, 0.1) is 0 Å². The first-order valence-corrected chi connectivity index (χ1v) is 4.84. The average molecular weight is 200 g/mol. The molecule has 2 heteroatoms. The van der Waals surface area contributed by atoms with Gasteiger partial charge in [-0.05, 0) is 17.7 Å². The van der Waals surface area contributed by atoms with Crippen LogP contribution in [0.1, 0.15) is 21.8 Å². The van der Waals surface area contributed by atoms with Crippen molar-refractivity contribution in [3.8, 4) is 0 Å². The molecule has 1 aromatic carbocycles. The lowest BCUT2D eigenvalue weighted by Crippen LogP contribution is -2.02. The molecule has 0 N–H and O–H groups in total. The number of carbonyl (C=O) groups excluding carboxylic acids is 1. The minimum atomic E-state index is -0.289. The molecule has 0 saturated carbocycles. The van der Waals surface area contributed by atoms with E-state index in [1.807, 2.05) is 30.4 Å². The van der Waals surface area contributed by atoms with E-state index in [0.717, 1.165) is 5.56 Å². The Balaban J connectivity index is 2.30.